The van der Waals surface area contributed by atoms with Gasteiger partial charge in [0.25, 0.3) is 0 Å². The van der Waals surface area contributed by atoms with E-state index >= 15 is 0 Å². The largest absolute Gasteiger partial charge is 0.396 e. The summed E-state index contributed by atoms with van der Waals surface area (Å²) in [7, 11) is 0. The maximum absolute atomic E-state index is 9.02. The predicted molar refractivity (Wildman–Crippen MR) is 86.5 cm³/mol. The summed E-state index contributed by atoms with van der Waals surface area (Å²) in [4.78, 5) is 0. The summed E-state index contributed by atoms with van der Waals surface area (Å²) in [5.41, 5.74) is 1.32. The average molecular weight is 276 g/mol. The van der Waals surface area contributed by atoms with Crippen molar-refractivity contribution in [1.82, 2.24) is 0 Å². The molecule has 0 aliphatic rings. The van der Waals surface area contributed by atoms with Gasteiger partial charge in [-0.15, -0.1) is 18.3 Å². The topological polar surface area (TPSA) is 20.2 Å². The molecule has 0 spiro atoms. The number of hydrogen-bond donors (Lipinski definition) is 1. The smallest absolute Gasteiger partial charge is 0.0444 e. The molecular weight excluding hydrogens is 252 g/mol. The number of aliphatic hydroxyl groups is 1. The third kappa shape index (κ3) is 6.13. The van der Waals surface area contributed by atoms with Crippen molar-refractivity contribution < 1.29 is 5.11 Å². The predicted octanol–water partition coefficient (Wildman–Crippen LogP) is 4.75. The fraction of sp³-hybridized carbons (Fsp3) is 0.412. The number of hydrogen-bond acceptors (Lipinski definition) is 2. The second kappa shape index (κ2) is 8.23. The molecule has 0 bridgehead atoms. The Morgan fingerprint density at radius 3 is 2.58 bits per heavy atom. The van der Waals surface area contributed by atoms with E-state index in [9.17, 15) is 0 Å². The van der Waals surface area contributed by atoms with Crippen LogP contribution in [-0.2, 0) is 0 Å². The molecule has 1 atom stereocenters. The van der Waals surface area contributed by atoms with Crippen molar-refractivity contribution in [3.05, 3.63) is 60.0 Å². The maximum Gasteiger partial charge on any atom is 0.0444 e. The van der Waals surface area contributed by atoms with E-state index in [-0.39, 0.29) is 11.4 Å². The van der Waals surface area contributed by atoms with Gasteiger partial charge in [0.1, 0.15) is 0 Å². The van der Waals surface area contributed by atoms with Crippen LogP contribution in [0.1, 0.15) is 38.2 Å². The third-order valence-corrected chi connectivity index (χ3v) is 4.20. The number of thioether (sulfide) groups is 1. The molecule has 0 fully saturated rings. The van der Waals surface area contributed by atoms with Gasteiger partial charge in [-0.05, 0) is 23.8 Å². The highest BCUT2D eigenvalue weighted by atomic mass is 32.2. The molecule has 0 aromatic heterocycles. The first-order valence-corrected chi connectivity index (χ1v) is 7.58. The van der Waals surface area contributed by atoms with Gasteiger partial charge >= 0.3 is 0 Å². The first-order chi connectivity index (χ1) is 9.09. The fourth-order valence-corrected chi connectivity index (χ4v) is 2.70. The van der Waals surface area contributed by atoms with Crippen molar-refractivity contribution in [2.24, 2.45) is 0 Å². The lowest BCUT2D eigenvalue weighted by atomic mass is 9.96. The molecule has 0 saturated carbocycles. The van der Waals surface area contributed by atoms with Crippen molar-refractivity contribution in [2.45, 2.75) is 37.4 Å². The molecule has 0 heterocycles. The molecule has 2 heteroatoms. The van der Waals surface area contributed by atoms with E-state index in [0.29, 0.717) is 5.92 Å². The third-order valence-electron chi connectivity index (χ3n) is 3.06. The van der Waals surface area contributed by atoms with Gasteiger partial charge in [0.05, 0.1) is 0 Å². The molecule has 1 rings (SSSR count). The van der Waals surface area contributed by atoms with E-state index in [1.54, 1.807) is 11.8 Å². The number of rotatable bonds is 8. The Morgan fingerprint density at radius 2 is 2.00 bits per heavy atom. The van der Waals surface area contributed by atoms with Gasteiger partial charge in [0.2, 0.25) is 0 Å². The first kappa shape index (κ1) is 16.1. The molecule has 1 aromatic rings. The summed E-state index contributed by atoms with van der Waals surface area (Å²) in [6.07, 6.45) is 5.95. The number of aliphatic hydroxyl groups excluding tert-OH is 1. The maximum atomic E-state index is 9.02. The molecule has 0 aliphatic carbocycles. The quantitative estimate of drug-likeness (QED) is 0.691. The Labute approximate surface area is 121 Å². The summed E-state index contributed by atoms with van der Waals surface area (Å²) in [6, 6.07) is 10.5. The summed E-state index contributed by atoms with van der Waals surface area (Å²) in [6.45, 7) is 8.39. The zero-order valence-corrected chi connectivity index (χ0v) is 12.7. The van der Waals surface area contributed by atoms with Crippen LogP contribution in [-0.4, -0.2) is 16.5 Å². The van der Waals surface area contributed by atoms with E-state index in [1.807, 2.05) is 12.1 Å². The monoisotopic (exact) mass is 276 g/mol. The average Bonchev–Trinajstić information content (AvgIpc) is 2.38. The highest BCUT2D eigenvalue weighted by molar-refractivity contribution is 8.03. The second-order valence-electron chi connectivity index (χ2n) is 5.22. The first-order valence-electron chi connectivity index (χ1n) is 6.70. The molecular formula is C17H24OS. The number of benzene rings is 1. The lowest BCUT2D eigenvalue weighted by Gasteiger charge is -2.21. The van der Waals surface area contributed by atoms with Gasteiger partial charge in [-0.3, -0.25) is 0 Å². The second-order valence-corrected chi connectivity index (χ2v) is 6.83. The Bertz CT molecular complexity index is 395. The van der Waals surface area contributed by atoms with Crippen LogP contribution in [0.4, 0.5) is 0 Å². The number of allylic oxidation sites excluding steroid dienone is 2. The summed E-state index contributed by atoms with van der Waals surface area (Å²) < 4.78 is 0.0840. The van der Waals surface area contributed by atoms with Crippen LogP contribution in [0.25, 0.3) is 0 Å². The highest BCUT2D eigenvalue weighted by Gasteiger charge is 2.16. The van der Waals surface area contributed by atoms with E-state index in [2.05, 4.69) is 56.2 Å². The molecule has 1 N–H and O–H groups in total. The molecule has 0 aliphatic heterocycles. The molecule has 1 nitrogen and oxygen atoms in total. The van der Waals surface area contributed by atoms with Gasteiger partial charge in [0.15, 0.2) is 0 Å². The van der Waals surface area contributed by atoms with E-state index in [1.165, 1.54) is 5.56 Å². The highest BCUT2D eigenvalue weighted by Crippen LogP contribution is 2.30. The molecule has 1 unspecified atom stereocenters. The zero-order chi connectivity index (χ0) is 14.1. The standard InChI is InChI=1S/C17H24OS/c1-4-8-15(16-9-6-5-7-10-16)11-14-19-17(2,3)12-13-18/h4-7,9-11,14-15,18H,1,8,12-13H2,2-3H3/b14-11+. The van der Waals surface area contributed by atoms with Crippen LogP contribution in [0, 0.1) is 0 Å². The van der Waals surface area contributed by atoms with Crippen LogP contribution in [0.3, 0.4) is 0 Å². The van der Waals surface area contributed by atoms with Crippen molar-refractivity contribution in [1.29, 1.82) is 0 Å². The molecule has 0 radical (unpaired) electrons. The van der Waals surface area contributed by atoms with E-state index < -0.39 is 0 Å². The van der Waals surface area contributed by atoms with E-state index in [4.69, 9.17) is 5.11 Å². The minimum absolute atomic E-state index is 0.0840. The SMILES string of the molecule is C=CCC(/C=C/SC(C)(C)CCO)c1ccccc1. The Hall–Kier alpha value is -0.990. The summed E-state index contributed by atoms with van der Waals surface area (Å²) in [5.74, 6) is 0.385. The van der Waals surface area contributed by atoms with Crippen LogP contribution in [0.2, 0.25) is 0 Å². The Kier molecular flexibility index (Phi) is 6.96. The fourth-order valence-electron chi connectivity index (χ4n) is 1.85. The van der Waals surface area contributed by atoms with Crippen LogP contribution in [0.15, 0.2) is 54.5 Å². The lowest BCUT2D eigenvalue weighted by molar-refractivity contribution is 0.275. The van der Waals surface area contributed by atoms with Crippen molar-refractivity contribution in [3.63, 3.8) is 0 Å². The van der Waals surface area contributed by atoms with Crippen molar-refractivity contribution >= 4 is 11.8 Å². The molecule has 0 amide bonds. The Morgan fingerprint density at radius 1 is 1.32 bits per heavy atom. The molecule has 1 aromatic carbocycles. The van der Waals surface area contributed by atoms with Gasteiger partial charge in [-0.1, -0.05) is 56.3 Å². The van der Waals surface area contributed by atoms with Crippen molar-refractivity contribution in [3.8, 4) is 0 Å². The van der Waals surface area contributed by atoms with Gasteiger partial charge < -0.3 is 5.11 Å². The van der Waals surface area contributed by atoms with Crippen LogP contribution < -0.4 is 0 Å². The summed E-state index contributed by atoms with van der Waals surface area (Å²) in [5, 5.41) is 11.2. The van der Waals surface area contributed by atoms with Gasteiger partial charge in [-0.25, -0.2) is 0 Å². The van der Waals surface area contributed by atoms with Crippen molar-refractivity contribution in [2.75, 3.05) is 6.61 Å². The van der Waals surface area contributed by atoms with Gasteiger partial charge in [0, 0.05) is 17.3 Å². The Balaban J connectivity index is 2.66. The van der Waals surface area contributed by atoms with Crippen LogP contribution in [0.5, 0.6) is 0 Å². The summed E-state index contributed by atoms with van der Waals surface area (Å²) >= 11 is 1.78. The zero-order valence-electron chi connectivity index (χ0n) is 11.9. The minimum atomic E-state index is 0.0840. The lowest BCUT2D eigenvalue weighted by Crippen LogP contribution is -2.15. The minimum Gasteiger partial charge on any atom is -0.396 e. The normalized spacial score (nSPS) is 13.6. The molecule has 0 saturated heterocycles. The molecule has 104 valence electrons. The van der Waals surface area contributed by atoms with Gasteiger partial charge in [-0.2, -0.15) is 0 Å². The van der Waals surface area contributed by atoms with Crippen LogP contribution >= 0.6 is 11.8 Å². The van der Waals surface area contributed by atoms with E-state index in [0.717, 1.165) is 12.8 Å². The molecule has 19 heavy (non-hydrogen) atoms.